The summed E-state index contributed by atoms with van der Waals surface area (Å²) in [5.41, 5.74) is 16.5. The van der Waals surface area contributed by atoms with E-state index in [2.05, 4.69) is 187 Å². The number of allylic oxidation sites excluding steroid dienone is 1. The van der Waals surface area contributed by atoms with Crippen LogP contribution < -0.4 is 0 Å². The van der Waals surface area contributed by atoms with Gasteiger partial charge in [-0.15, -0.1) is 0 Å². The van der Waals surface area contributed by atoms with Crippen LogP contribution in [0.5, 0.6) is 0 Å². The smallest absolute Gasteiger partial charge is 0.00759 e. The number of benzene rings is 7. The van der Waals surface area contributed by atoms with Crippen LogP contribution in [0.2, 0.25) is 0 Å². The molecule has 8 rings (SSSR count). The van der Waals surface area contributed by atoms with E-state index >= 15 is 0 Å². The van der Waals surface area contributed by atoms with E-state index in [0.717, 1.165) is 12.8 Å². The molecule has 0 spiro atoms. The summed E-state index contributed by atoms with van der Waals surface area (Å²) in [6, 6.07) is 59.8. The summed E-state index contributed by atoms with van der Waals surface area (Å²) in [5, 5.41) is 2.73. The van der Waals surface area contributed by atoms with E-state index in [0.29, 0.717) is 0 Å². The Morgan fingerprint density at radius 3 is 1.38 bits per heavy atom. The van der Waals surface area contributed by atoms with E-state index in [1.54, 1.807) is 0 Å². The van der Waals surface area contributed by atoms with Crippen LogP contribution in [0.15, 0.2) is 175 Å². The van der Waals surface area contributed by atoms with Gasteiger partial charge in [0.1, 0.15) is 0 Å². The van der Waals surface area contributed by atoms with Gasteiger partial charge in [-0.25, -0.2) is 0 Å². The molecule has 0 N–H and O–H groups in total. The summed E-state index contributed by atoms with van der Waals surface area (Å²) in [5.74, 6) is 0. The standard InChI is InChI=1S/C22H20.C13H12.C8H10.C7H8.C2H6/c1-15-7-5-9-18-10-6-12-20(21(15)18)22-16(2)13-14-17-8-3-4-11-19(17)22;1-11-7-5-6-10-13(11)12-8-3-2-4-9-12;1-7-3-5-8(2)6-4-7;1-7-5-3-2-4-6-7;1-2/h3-12H,13-14H2,1-2H3;2-10H,1H3;3-6H,1-2H3;2-6H,1H3;1-2H3. The summed E-state index contributed by atoms with van der Waals surface area (Å²) in [4.78, 5) is 0. The Bertz CT molecular complexity index is 2110. The largest absolute Gasteiger partial charge is 0.0683 e. The lowest BCUT2D eigenvalue weighted by atomic mass is 9.81. The van der Waals surface area contributed by atoms with E-state index in [1.807, 2.05) is 38.1 Å². The van der Waals surface area contributed by atoms with Crippen molar-refractivity contribution >= 4 is 16.3 Å². The Morgan fingerprint density at radius 1 is 0.346 bits per heavy atom. The first-order valence-electron chi connectivity index (χ1n) is 18.7. The number of fused-ring (bicyclic) bond motifs is 2. The molecule has 264 valence electrons. The van der Waals surface area contributed by atoms with Crippen molar-refractivity contribution in [2.24, 2.45) is 0 Å². The first-order chi connectivity index (χ1) is 25.3. The third-order valence-corrected chi connectivity index (χ3v) is 9.25. The number of hydrogen-bond acceptors (Lipinski definition) is 0. The van der Waals surface area contributed by atoms with Crippen molar-refractivity contribution in [3.63, 3.8) is 0 Å². The zero-order chi connectivity index (χ0) is 37.3. The monoisotopic (exact) mass is 680 g/mol. The van der Waals surface area contributed by atoms with Gasteiger partial charge in [0.25, 0.3) is 0 Å². The second-order valence-electron chi connectivity index (χ2n) is 13.3. The molecule has 0 heteroatoms. The molecule has 52 heavy (non-hydrogen) atoms. The highest BCUT2D eigenvalue weighted by Crippen LogP contribution is 2.39. The van der Waals surface area contributed by atoms with Gasteiger partial charge >= 0.3 is 0 Å². The van der Waals surface area contributed by atoms with Crippen LogP contribution in [0.1, 0.15) is 71.7 Å². The molecule has 0 radical (unpaired) electrons. The third kappa shape index (κ3) is 11.0. The zero-order valence-corrected chi connectivity index (χ0v) is 32.6. The lowest BCUT2D eigenvalue weighted by Gasteiger charge is -2.23. The Morgan fingerprint density at radius 2 is 0.808 bits per heavy atom. The van der Waals surface area contributed by atoms with Crippen LogP contribution in [-0.2, 0) is 6.42 Å². The summed E-state index contributed by atoms with van der Waals surface area (Å²) < 4.78 is 0. The van der Waals surface area contributed by atoms with Crippen LogP contribution in [0.4, 0.5) is 0 Å². The van der Waals surface area contributed by atoms with Crippen molar-refractivity contribution in [2.45, 2.75) is 68.2 Å². The predicted molar refractivity (Wildman–Crippen MR) is 230 cm³/mol. The number of aryl methyl sites for hydroxylation is 6. The molecule has 0 saturated carbocycles. The molecule has 0 fully saturated rings. The Kier molecular flexibility index (Phi) is 15.4. The molecule has 0 aromatic heterocycles. The fraction of sp³-hybridized carbons (Fsp3) is 0.192. The second-order valence-corrected chi connectivity index (χ2v) is 13.3. The average molecular weight is 681 g/mol. The molecule has 0 heterocycles. The normalized spacial score (nSPS) is 11.2. The van der Waals surface area contributed by atoms with Crippen molar-refractivity contribution in [1.29, 1.82) is 0 Å². The molecule has 0 unspecified atom stereocenters. The SMILES string of the molecule is CC.CC1=C(c2cccc3cccc(C)c23)c2ccccc2CC1.Cc1ccc(C)cc1.Cc1ccccc1.Cc1ccccc1-c1ccccc1. The van der Waals surface area contributed by atoms with Gasteiger partial charge in [0.2, 0.25) is 0 Å². The first-order valence-corrected chi connectivity index (χ1v) is 18.7. The van der Waals surface area contributed by atoms with Crippen molar-refractivity contribution in [2.75, 3.05) is 0 Å². The van der Waals surface area contributed by atoms with Crippen LogP contribution >= 0.6 is 0 Å². The van der Waals surface area contributed by atoms with Gasteiger partial charge in [-0.2, -0.15) is 0 Å². The highest BCUT2D eigenvalue weighted by Gasteiger charge is 2.19. The quantitative estimate of drug-likeness (QED) is 0.170. The van der Waals surface area contributed by atoms with Crippen molar-refractivity contribution in [3.8, 4) is 11.1 Å². The summed E-state index contributed by atoms with van der Waals surface area (Å²) >= 11 is 0. The van der Waals surface area contributed by atoms with Gasteiger partial charge in [0.15, 0.2) is 0 Å². The van der Waals surface area contributed by atoms with E-state index in [9.17, 15) is 0 Å². The maximum absolute atomic E-state index is 2.29. The van der Waals surface area contributed by atoms with Crippen molar-refractivity contribution in [1.82, 2.24) is 0 Å². The third-order valence-electron chi connectivity index (χ3n) is 9.25. The van der Waals surface area contributed by atoms with Gasteiger partial charge < -0.3 is 0 Å². The topological polar surface area (TPSA) is 0 Å². The first kappa shape index (κ1) is 39.3. The minimum atomic E-state index is 1.16. The predicted octanol–water partition coefficient (Wildman–Crippen LogP) is 14.9. The van der Waals surface area contributed by atoms with Gasteiger partial charge in [-0.1, -0.05) is 206 Å². The van der Waals surface area contributed by atoms with Crippen LogP contribution in [0, 0.1) is 34.6 Å². The van der Waals surface area contributed by atoms with Gasteiger partial charge in [-0.05, 0) is 110 Å². The summed E-state index contributed by atoms with van der Waals surface area (Å²) in [7, 11) is 0. The Labute approximate surface area is 314 Å². The number of rotatable bonds is 2. The van der Waals surface area contributed by atoms with E-state index < -0.39 is 0 Å². The van der Waals surface area contributed by atoms with Crippen molar-refractivity contribution < 1.29 is 0 Å². The lowest BCUT2D eigenvalue weighted by molar-refractivity contribution is 0.919. The zero-order valence-electron chi connectivity index (χ0n) is 32.6. The molecule has 0 aliphatic heterocycles. The maximum atomic E-state index is 2.29. The molecule has 0 atom stereocenters. The fourth-order valence-corrected chi connectivity index (χ4v) is 6.46. The molecule has 0 bridgehead atoms. The molecule has 7 aromatic carbocycles. The van der Waals surface area contributed by atoms with Crippen LogP contribution in [-0.4, -0.2) is 0 Å². The van der Waals surface area contributed by atoms with E-state index in [-0.39, 0.29) is 0 Å². The highest BCUT2D eigenvalue weighted by molar-refractivity contribution is 6.01. The molecular formula is C52H56. The molecule has 0 amide bonds. The van der Waals surface area contributed by atoms with Gasteiger partial charge in [0.05, 0.1) is 0 Å². The minimum Gasteiger partial charge on any atom is -0.0683 e. The molecule has 0 saturated heterocycles. The van der Waals surface area contributed by atoms with Crippen LogP contribution in [0.25, 0.3) is 27.5 Å². The lowest BCUT2D eigenvalue weighted by Crippen LogP contribution is -2.05. The maximum Gasteiger partial charge on any atom is -0.00759 e. The Balaban J connectivity index is 0.000000170. The van der Waals surface area contributed by atoms with Gasteiger partial charge in [0, 0.05) is 0 Å². The van der Waals surface area contributed by atoms with E-state index in [4.69, 9.17) is 0 Å². The second kappa shape index (κ2) is 20.4. The minimum absolute atomic E-state index is 1.16. The Hall–Kier alpha value is -5.46. The highest BCUT2D eigenvalue weighted by atomic mass is 14.2. The summed E-state index contributed by atoms with van der Waals surface area (Å²) in [6.07, 6.45) is 2.32. The molecule has 1 aliphatic carbocycles. The fourth-order valence-electron chi connectivity index (χ4n) is 6.46. The molecule has 7 aromatic rings. The number of hydrogen-bond donors (Lipinski definition) is 0. The van der Waals surface area contributed by atoms with Crippen LogP contribution in [0.3, 0.4) is 0 Å². The van der Waals surface area contributed by atoms with E-state index in [1.165, 1.54) is 77.6 Å². The average Bonchev–Trinajstić information content (AvgIpc) is 3.18. The molecular weight excluding hydrogens is 625 g/mol. The van der Waals surface area contributed by atoms with Gasteiger partial charge in [-0.3, -0.25) is 0 Å². The molecule has 0 nitrogen and oxygen atoms in total. The molecule has 1 aliphatic rings. The van der Waals surface area contributed by atoms with Crippen molar-refractivity contribution in [3.05, 3.63) is 220 Å². The summed E-state index contributed by atoms with van der Waals surface area (Å²) in [6.45, 7) is 16.9.